The van der Waals surface area contributed by atoms with E-state index in [1.165, 1.54) is 14.2 Å². The molecular formula is C12H12N2O4. The fourth-order valence-corrected chi connectivity index (χ4v) is 1.73. The molecule has 0 radical (unpaired) electrons. The smallest absolute Gasteiger partial charge is 0.295 e. The normalized spacial score (nSPS) is 10.3. The zero-order valence-corrected chi connectivity index (χ0v) is 9.97. The zero-order valence-electron chi connectivity index (χ0n) is 9.97. The Morgan fingerprint density at radius 1 is 1.28 bits per heavy atom. The van der Waals surface area contributed by atoms with Crippen molar-refractivity contribution in [1.29, 1.82) is 0 Å². The fourth-order valence-electron chi connectivity index (χ4n) is 1.73. The SMILES string of the molecule is CONC(=O)c1cc2ccccc2c(=O)n1OC. The van der Waals surface area contributed by atoms with Gasteiger partial charge in [-0.15, -0.1) is 4.73 Å². The zero-order chi connectivity index (χ0) is 13.1. The van der Waals surface area contributed by atoms with Crippen LogP contribution in [0.4, 0.5) is 0 Å². The van der Waals surface area contributed by atoms with E-state index in [0.29, 0.717) is 10.8 Å². The molecule has 2 rings (SSSR count). The number of nitrogens with one attached hydrogen (secondary N) is 1. The molecule has 0 saturated heterocycles. The summed E-state index contributed by atoms with van der Waals surface area (Å²) in [6.45, 7) is 0. The molecule has 0 aliphatic rings. The number of benzene rings is 1. The number of rotatable bonds is 3. The molecule has 0 fully saturated rings. The lowest BCUT2D eigenvalue weighted by Crippen LogP contribution is -2.34. The van der Waals surface area contributed by atoms with Gasteiger partial charge >= 0.3 is 0 Å². The lowest BCUT2D eigenvalue weighted by Gasteiger charge is -2.11. The molecule has 18 heavy (non-hydrogen) atoms. The molecule has 1 N–H and O–H groups in total. The minimum atomic E-state index is -0.554. The summed E-state index contributed by atoms with van der Waals surface area (Å²) in [5, 5.41) is 1.14. The van der Waals surface area contributed by atoms with E-state index in [1.54, 1.807) is 30.3 Å². The van der Waals surface area contributed by atoms with Crippen molar-refractivity contribution in [2.75, 3.05) is 14.2 Å². The highest BCUT2D eigenvalue weighted by atomic mass is 16.7. The summed E-state index contributed by atoms with van der Waals surface area (Å²) in [5.74, 6) is -0.554. The first-order valence-corrected chi connectivity index (χ1v) is 5.21. The number of amides is 1. The van der Waals surface area contributed by atoms with Gasteiger partial charge in [0.15, 0.2) is 5.69 Å². The quantitative estimate of drug-likeness (QED) is 0.796. The van der Waals surface area contributed by atoms with E-state index in [0.717, 1.165) is 4.73 Å². The van der Waals surface area contributed by atoms with Crippen molar-refractivity contribution < 1.29 is 14.5 Å². The van der Waals surface area contributed by atoms with Crippen LogP contribution in [0.5, 0.6) is 0 Å². The Labute approximate surface area is 103 Å². The second-order valence-electron chi connectivity index (χ2n) is 3.53. The number of pyridine rings is 1. The van der Waals surface area contributed by atoms with Crippen LogP contribution in [-0.4, -0.2) is 24.9 Å². The molecule has 1 aromatic heterocycles. The molecule has 0 spiro atoms. The summed E-state index contributed by atoms with van der Waals surface area (Å²) in [4.78, 5) is 33.3. The Balaban J connectivity index is 2.73. The Bertz CT molecular complexity index is 648. The van der Waals surface area contributed by atoms with Crippen molar-refractivity contribution in [3.8, 4) is 0 Å². The van der Waals surface area contributed by atoms with E-state index in [-0.39, 0.29) is 5.69 Å². The Hall–Kier alpha value is -2.34. The van der Waals surface area contributed by atoms with E-state index in [1.807, 2.05) is 0 Å². The predicted molar refractivity (Wildman–Crippen MR) is 65.2 cm³/mol. The van der Waals surface area contributed by atoms with Crippen LogP contribution in [0.3, 0.4) is 0 Å². The maximum atomic E-state index is 12.1. The lowest BCUT2D eigenvalue weighted by molar-refractivity contribution is 0.0488. The van der Waals surface area contributed by atoms with Crippen LogP contribution in [0, 0.1) is 0 Å². The van der Waals surface area contributed by atoms with Gasteiger partial charge in [-0.25, -0.2) is 5.48 Å². The second kappa shape index (κ2) is 4.89. The van der Waals surface area contributed by atoms with Gasteiger partial charge in [0.05, 0.1) is 12.5 Å². The maximum absolute atomic E-state index is 12.1. The number of hydrogen-bond donors (Lipinski definition) is 1. The van der Waals surface area contributed by atoms with Crippen molar-refractivity contribution in [3.05, 3.63) is 46.4 Å². The van der Waals surface area contributed by atoms with Crippen LogP contribution in [-0.2, 0) is 4.84 Å². The number of carbonyl (C=O) groups excluding carboxylic acids is 1. The third-order valence-electron chi connectivity index (χ3n) is 2.50. The van der Waals surface area contributed by atoms with Crippen molar-refractivity contribution in [3.63, 3.8) is 0 Å². The van der Waals surface area contributed by atoms with Gasteiger partial charge in [-0.1, -0.05) is 18.2 Å². The summed E-state index contributed by atoms with van der Waals surface area (Å²) in [6, 6.07) is 8.52. The van der Waals surface area contributed by atoms with E-state index in [2.05, 4.69) is 10.3 Å². The van der Waals surface area contributed by atoms with E-state index in [9.17, 15) is 9.59 Å². The fraction of sp³-hybridized carbons (Fsp3) is 0.167. The number of carbonyl (C=O) groups is 1. The minimum absolute atomic E-state index is 0.0723. The Kier molecular flexibility index (Phi) is 3.29. The number of nitrogens with zero attached hydrogens (tertiary/aromatic N) is 1. The lowest BCUT2D eigenvalue weighted by atomic mass is 10.1. The molecule has 2 aromatic rings. The average Bonchev–Trinajstić information content (AvgIpc) is 2.39. The van der Waals surface area contributed by atoms with E-state index < -0.39 is 11.5 Å². The first-order valence-electron chi connectivity index (χ1n) is 5.21. The number of fused-ring (bicyclic) bond motifs is 1. The number of hydrogen-bond acceptors (Lipinski definition) is 4. The third-order valence-corrected chi connectivity index (χ3v) is 2.50. The third kappa shape index (κ3) is 1.93. The maximum Gasteiger partial charge on any atom is 0.295 e. The summed E-state index contributed by atoms with van der Waals surface area (Å²) >= 11 is 0. The van der Waals surface area contributed by atoms with Crippen LogP contribution in [0.1, 0.15) is 10.5 Å². The highest BCUT2D eigenvalue weighted by Crippen LogP contribution is 2.11. The highest BCUT2D eigenvalue weighted by molar-refractivity contribution is 5.96. The van der Waals surface area contributed by atoms with Gasteiger partial charge in [-0.05, 0) is 17.5 Å². The summed E-state index contributed by atoms with van der Waals surface area (Å²) in [6.07, 6.45) is 0. The molecule has 1 aromatic carbocycles. The van der Waals surface area contributed by atoms with Crippen molar-refractivity contribution in [1.82, 2.24) is 10.2 Å². The monoisotopic (exact) mass is 248 g/mol. The minimum Gasteiger partial charge on any atom is -0.413 e. The van der Waals surface area contributed by atoms with Crippen molar-refractivity contribution >= 4 is 16.7 Å². The van der Waals surface area contributed by atoms with Gasteiger partial charge in [-0.2, -0.15) is 0 Å². The highest BCUT2D eigenvalue weighted by Gasteiger charge is 2.15. The predicted octanol–water partition coefficient (Wildman–Crippen LogP) is 0.351. The first-order chi connectivity index (χ1) is 8.69. The Morgan fingerprint density at radius 3 is 2.67 bits per heavy atom. The molecule has 6 nitrogen and oxygen atoms in total. The van der Waals surface area contributed by atoms with Crippen LogP contribution in [0.15, 0.2) is 35.1 Å². The van der Waals surface area contributed by atoms with Crippen molar-refractivity contribution in [2.45, 2.75) is 0 Å². The molecule has 0 bridgehead atoms. The van der Waals surface area contributed by atoms with E-state index in [4.69, 9.17) is 4.84 Å². The van der Waals surface area contributed by atoms with Gasteiger partial charge < -0.3 is 4.84 Å². The van der Waals surface area contributed by atoms with Crippen LogP contribution < -0.4 is 15.9 Å². The van der Waals surface area contributed by atoms with Crippen LogP contribution in [0.25, 0.3) is 10.8 Å². The number of aromatic nitrogens is 1. The standard InChI is InChI=1S/C12H12N2O4/c1-17-13-11(15)10-7-8-5-3-4-6-9(8)12(16)14(10)18-2/h3-7H,1-2H3,(H,13,15). The average molecular weight is 248 g/mol. The largest absolute Gasteiger partial charge is 0.413 e. The Morgan fingerprint density at radius 2 is 2.00 bits per heavy atom. The second-order valence-corrected chi connectivity index (χ2v) is 3.53. The molecule has 1 amide bonds. The van der Waals surface area contributed by atoms with Crippen LogP contribution >= 0.6 is 0 Å². The van der Waals surface area contributed by atoms with Gasteiger partial charge in [0, 0.05) is 0 Å². The molecular weight excluding hydrogens is 236 g/mol. The van der Waals surface area contributed by atoms with Gasteiger partial charge in [0.25, 0.3) is 11.5 Å². The van der Waals surface area contributed by atoms with Gasteiger partial charge in [0.1, 0.15) is 7.11 Å². The topological polar surface area (TPSA) is 69.6 Å². The van der Waals surface area contributed by atoms with Gasteiger partial charge in [0.2, 0.25) is 0 Å². The molecule has 0 saturated carbocycles. The molecule has 0 atom stereocenters. The molecule has 94 valence electrons. The van der Waals surface area contributed by atoms with Crippen LogP contribution in [0.2, 0.25) is 0 Å². The summed E-state index contributed by atoms with van der Waals surface area (Å²) in [7, 11) is 2.63. The number of hydroxylamine groups is 1. The van der Waals surface area contributed by atoms with Crippen molar-refractivity contribution in [2.24, 2.45) is 0 Å². The summed E-state index contributed by atoms with van der Waals surface area (Å²) < 4.78 is 0.927. The molecule has 1 heterocycles. The van der Waals surface area contributed by atoms with E-state index >= 15 is 0 Å². The van der Waals surface area contributed by atoms with Gasteiger partial charge in [-0.3, -0.25) is 14.4 Å². The summed E-state index contributed by atoms with van der Waals surface area (Å²) in [5.41, 5.74) is 1.83. The first kappa shape index (κ1) is 12.1. The molecule has 0 aliphatic heterocycles. The molecule has 0 unspecified atom stereocenters. The molecule has 0 aliphatic carbocycles. The molecule has 6 heteroatoms.